The lowest BCUT2D eigenvalue weighted by atomic mass is 10.1. The van der Waals surface area contributed by atoms with Crippen molar-refractivity contribution in [3.63, 3.8) is 0 Å². The summed E-state index contributed by atoms with van der Waals surface area (Å²) in [5.74, 6) is -0.350. The van der Waals surface area contributed by atoms with Gasteiger partial charge in [0.1, 0.15) is 10.7 Å². The van der Waals surface area contributed by atoms with Gasteiger partial charge in [0.2, 0.25) is 5.88 Å². The number of hydrogen-bond acceptors (Lipinski definition) is 4. The number of rotatable bonds is 4. The molecular weight excluding hydrogens is 329 g/mol. The molecule has 1 aromatic heterocycles. The van der Waals surface area contributed by atoms with Crippen molar-refractivity contribution < 1.29 is 17.0 Å². The van der Waals surface area contributed by atoms with Gasteiger partial charge in [-0.25, -0.2) is 9.37 Å². The van der Waals surface area contributed by atoms with Gasteiger partial charge in [-0.2, -0.15) is 8.42 Å². The molecule has 3 rings (SSSR count). The smallest absolute Gasteiger partial charge is 0.340 e. The van der Waals surface area contributed by atoms with Crippen LogP contribution in [0.25, 0.3) is 11.1 Å². The molecular formula is C18H14FNO3S. The van der Waals surface area contributed by atoms with E-state index in [1.54, 1.807) is 30.3 Å². The highest BCUT2D eigenvalue weighted by atomic mass is 32.2. The highest BCUT2D eigenvalue weighted by molar-refractivity contribution is 7.87. The molecule has 0 aliphatic heterocycles. The third kappa shape index (κ3) is 3.60. The SMILES string of the molecule is Cc1ccc(S(=O)(=O)Oc2ccc(-c3ccc(F)cc3)cn2)cc1. The summed E-state index contributed by atoms with van der Waals surface area (Å²) in [7, 11) is -3.93. The standard InChI is InChI=1S/C18H14FNO3S/c1-13-2-9-17(10-3-13)24(21,22)23-18-11-6-15(12-20-18)14-4-7-16(19)8-5-14/h2-12H,1H3. The number of aromatic nitrogens is 1. The third-order valence-corrected chi connectivity index (χ3v) is 4.66. The summed E-state index contributed by atoms with van der Waals surface area (Å²) < 4.78 is 42.4. The monoisotopic (exact) mass is 343 g/mol. The van der Waals surface area contributed by atoms with Crippen molar-refractivity contribution in [3.8, 4) is 17.0 Å². The first-order valence-electron chi connectivity index (χ1n) is 7.17. The summed E-state index contributed by atoms with van der Waals surface area (Å²) in [6, 6.07) is 15.4. The molecule has 6 heteroatoms. The average Bonchev–Trinajstić information content (AvgIpc) is 2.56. The Bertz CT molecular complexity index is 935. The Morgan fingerprint density at radius 1 is 0.875 bits per heavy atom. The second kappa shape index (κ2) is 6.41. The molecule has 2 aromatic carbocycles. The summed E-state index contributed by atoms with van der Waals surface area (Å²) in [6.45, 7) is 1.87. The van der Waals surface area contributed by atoms with Crippen molar-refractivity contribution in [3.05, 3.63) is 78.2 Å². The third-order valence-electron chi connectivity index (χ3n) is 3.42. The van der Waals surface area contributed by atoms with Crippen LogP contribution in [0.2, 0.25) is 0 Å². The van der Waals surface area contributed by atoms with Crippen LogP contribution in [0.3, 0.4) is 0 Å². The molecule has 0 spiro atoms. The number of halogens is 1. The first-order valence-corrected chi connectivity index (χ1v) is 8.58. The fourth-order valence-corrected chi connectivity index (χ4v) is 3.00. The summed E-state index contributed by atoms with van der Waals surface area (Å²) in [4.78, 5) is 4.08. The van der Waals surface area contributed by atoms with E-state index < -0.39 is 10.1 Å². The van der Waals surface area contributed by atoms with E-state index in [2.05, 4.69) is 4.98 Å². The second-order valence-corrected chi connectivity index (χ2v) is 6.79. The van der Waals surface area contributed by atoms with Crippen LogP contribution < -0.4 is 4.18 Å². The maximum absolute atomic E-state index is 12.9. The van der Waals surface area contributed by atoms with Gasteiger partial charge in [-0.15, -0.1) is 0 Å². The number of aryl methyl sites for hydroxylation is 1. The maximum Gasteiger partial charge on any atom is 0.340 e. The molecule has 0 amide bonds. The Labute approximate surface area is 139 Å². The second-order valence-electron chi connectivity index (χ2n) is 5.24. The predicted octanol–water partition coefficient (Wildman–Crippen LogP) is 3.96. The fourth-order valence-electron chi connectivity index (χ4n) is 2.11. The van der Waals surface area contributed by atoms with Crippen molar-refractivity contribution in [2.45, 2.75) is 11.8 Å². The zero-order valence-electron chi connectivity index (χ0n) is 12.8. The van der Waals surface area contributed by atoms with Crippen molar-refractivity contribution in [2.24, 2.45) is 0 Å². The highest BCUT2D eigenvalue weighted by Crippen LogP contribution is 2.22. The molecule has 24 heavy (non-hydrogen) atoms. The summed E-state index contributed by atoms with van der Waals surface area (Å²) in [6.07, 6.45) is 1.48. The molecule has 0 unspecified atom stereocenters. The van der Waals surface area contributed by atoms with Crippen LogP contribution in [0, 0.1) is 12.7 Å². The molecule has 0 aliphatic carbocycles. The first-order chi connectivity index (χ1) is 11.4. The highest BCUT2D eigenvalue weighted by Gasteiger charge is 2.17. The van der Waals surface area contributed by atoms with Crippen LogP contribution in [0.1, 0.15) is 5.56 Å². The molecule has 0 N–H and O–H groups in total. The van der Waals surface area contributed by atoms with E-state index in [1.165, 1.54) is 36.5 Å². The van der Waals surface area contributed by atoms with Gasteiger partial charge in [0.05, 0.1) is 0 Å². The number of hydrogen-bond donors (Lipinski definition) is 0. The summed E-state index contributed by atoms with van der Waals surface area (Å²) in [5.41, 5.74) is 2.46. The molecule has 0 fully saturated rings. The summed E-state index contributed by atoms with van der Waals surface area (Å²) >= 11 is 0. The van der Waals surface area contributed by atoms with Gasteiger partial charge < -0.3 is 4.18 Å². The Hall–Kier alpha value is -2.73. The molecule has 0 atom stereocenters. The molecule has 122 valence electrons. The Morgan fingerprint density at radius 3 is 2.08 bits per heavy atom. The van der Waals surface area contributed by atoms with E-state index in [4.69, 9.17) is 4.18 Å². The molecule has 0 radical (unpaired) electrons. The van der Waals surface area contributed by atoms with Crippen LogP contribution in [-0.4, -0.2) is 13.4 Å². The average molecular weight is 343 g/mol. The van der Waals surface area contributed by atoms with Gasteiger partial charge in [-0.3, -0.25) is 0 Å². The van der Waals surface area contributed by atoms with Crippen LogP contribution in [-0.2, 0) is 10.1 Å². The zero-order valence-corrected chi connectivity index (χ0v) is 13.6. The fraction of sp³-hybridized carbons (Fsp3) is 0.0556. The zero-order chi connectivity index (χ0) is 17.2. The van der Waals surface area contributed by atoms with E-state index in [0.717, 1.165) is 16.7 Å². The van der Waals surface area contributed by atoms with Crippen molar-refractivity contribution in [1.29, 1.82) is 0 Å². The van der Waals surface area contributed by atoms with Gasteiger partial charge in [-0.1, -0.05) is 29.8 Å². The number of nitrogens with zero attached hydrogens (tertiary/aromatic N) is 1. The predicted molar refractivity (Wildman–Crippen MR) is 88.6 cm³/mol. The molecule has 0 saturated heterocycles. The van der Waals surface area contributed by atoms with Gasteiger partial charge >= 0.3 is 10.1 Å². The van der Waals surface area contributed by atoms with E-state index >= 15 is 0 Å². The minimum Gasteiger partial charge on any atom is -0.358 e. The quantitative estimate of drug-likeness (QED) is 0.673. The van der Waals surface area contributed by atoms with Crippen LogP contribution in [0.15, 0.2) is 71.8 Å². The van der Waals surface area contributed by atoms with Gasteiger partial charge in [-0.05, 0) is 42.8 Å². The molecule has 4 nitrogen and oxygen atoms in total. The largest absolute Gasteiger partial charge is 0.358 e. The summed E-state index contributed by atoms with van der Waals surface area (Å²) in [5, 5.41) is 0. The van der Waals surface area contributed by atoms with Crippen LogP contribution >= 0.6 is 0 Å². The van der Waals surface area contributed by atoms with Crippen molar-refractivity contribution in [2.75, 3.05) is 0 Å². The minimum absolute atomic E-state index is 0.0264. The minimum atomic E-state index is -3.93. The van der Waals surface area contributed by atoms with Crippen LogP contribution in [0.4, 0.5) is 4.39 Å². The van der Waals surface area contributed by atoms with Gasteiger partial charge in [0.25, 0.3) is 0 Å². The lowest BCUT2D eigenvalue weighted by molar-refractivity contribution is 0.476. The topological polar surface area (TPSA) is 56.3 Å². The molecule has 3 aromatic rings. The molecule has 0 saturated carbocycles. The Kier molecular flexibility index (Phi) is 4.31. The number of benzene rings is 2. The normalized spacial score (nSPS) is 11.2. The number of pyridine rings is 1. The first kappa shape index (κ1) is 16.1. The lowest BCUT2D eigenvalue weighted by Gasteiger charge is -2.07. The Morgan fingerprint density at radius 2 is 1.50 bits per heavy atom. The van der Waals surface area contributed by atoms with Gasteiger partial charge in [0, 0.05) is 17.8 Å². The lowest BCUT2D eigenvalue weighted by Crippen LogP contribution is -2.10. The van der Waals surface area contributed by atoms with E-state index in [-0.39, 0.29) is 16.6 Å². The van der Waals surface area contributed by atoms with E-state index in [0.29, 0.717) is 0 Å². The van der Waals surface area contributed by atoms with Crippen LogP contribution in [0.5, 0.6) is 5.88 Å². The van der Waals surface area contributed by atoms with E-state index in [9.17, 15) is 12.8 Å². The molecule has 1 heterocycles. The van der Waals surface area contributed by atoms with Crippen molar-refractivity contribution >= 4 is 10.1 Å². The maximum atomic E-state index is 12.9. The molecule has 0 bridgehead atoms. The Balaban J connectivity index is 1.81. The van der Waals surface area contributed by atoms with Gasteiger partial charge in [0.15, 0.2) is 0 Å². The molecule has 0 aliphatic rings. The van der Waals surface area contributed by atoms with Crippen molar-refractivity contribution in [1.82, 2.24) is 4.98 Å². The van der Waals surface area contributed by atoms with E-state index in [1.807, 2.05) is 6.92 Å².